The zero-order valence-corrected chi connectivity index (χ0v) is 17.7. The van der Waals surface area contributed by atoms with Crippen molar-refractivity contribution in [3.05, 3.63) is 90.4 Å². The van der Waals surface area contributed by atoms with E-state index in [1.165, 1.54) is 55.0 Å². The topological polar surface area (TPSA) is 147 Å². The summed E-state index contributed by atoms with van der Waals surface area (Å²) >= 11 is 0. The first kappa shape index (κ1) is 21.7. The summed E-state index contributed by atoms with van der Waals surface area (Å²) in [6.07, 6.45) is 4.21. The van der Waals surface area contributed by atoms with Gasteiger partial charge < -0.3 is 9.52 Å². The number of hydrogen-bond donors (Lipinski definition) is 3. The number of nitrogens with one attached hydrogen (secondary N) is 2. The Labute approximate surface area is 188 Å². The number of aromatic nitrogens is 2. The van der Waals surface area contributed by atoms with Gasteiger partial charge in [0.2, 0.25) is 5.95 Å². The lowest BCUT2D eigenvalue weighted by Gasteiger charge is -2.06. The van der Waals surface area contributed by atoms with Crippen molar-refractivity contribution in [2.24, 2.45) is 5.10 Å². The van der Waals surface area contributed by atoms with Gasteiger partial charge in [0.25, 0.3) is 15.9 Å². The second kappa shape index (κ2) is 9.32. The zero-order valence-electron chi connectivity index (χ0n) is 16.9. The van der Waals surface area contributed by atoms with Gasteiger partial charge in [0.15, 0.2) is 0 Å². The highest BCUT2D eigenvalue weighted by atomic mass is 32.2. The molecular formula is C22H17N5O5S. The lowest BCUT2D eigenvalue weighted by atomic mass is 10.2. The highest BCUT2D eigenvalue weighted by molar-refractivity contribution is 7.92. The number of sulfonamides is 1. The molecule has 0 atom stereocenters. The molecule has 33 heavy (non-hydrogen) atoms. The Hall–Kier alpha value is -4.51. The largest absolute Gasteiger partial charge is 0.508 e. The lowest BCUT2D eigenvalue weighted by Crippen LogP contribution is -2.17. The molecule has 0 saturated heterocycles. The van der Waals surface area contributed by atoms with Gasteiger partial charge in [0.05, 0.1) is 11.1 Å². The number of amides is 1. The van der Waals surface area contributed by atoms with Gasteiger partial charge in [-0.05, 0) is 66.7 Å². The first-order valence-electron chi connectivity index (χ1n) is 9.53. The number of rotatable bonds is 7. The first-order chi connectivity index (χ1) is 15.9. The molecule has 0 unspecified atom stereocenters. The second-order valence-electron chi connectivity index (χ2n) is 6.65. The van der Waals surface area contributed by atoms with Crippen LogP contribution in [0.3, 0.4) is 0 Å². The standard InChI is InChI=1S/C22H17N5O5S/c28-17-6-2-16(3-7-17)21(29)26-25-14-18-8-11-20(32-18)15-4-9-19(10-5-15)33(30,31)27-22-23-12-1-13-24-22/h1-14,28H,(H,26,29)(H,23,24,27). The Balaban J connectivity index is 1.40. The molecule has 2 aromatic carbocycles. The van der Waals surface area contributed by atoms with Crippen LogP contribution in [0, 0.1) is 0 Å². The van der Waals surface area contributed by atoms with Crippen molar-refractivity contribution in [3.8, 4) is 17.1 Å². The van der Waals surface area contributed by atoms with E-state index in [1.54, 1.807) is 30.3 Å². The number of furan rings is 1. The predicted octanol–water partition coefficient (Wildman–Crippen LogP) is 3.01. The SMILES string of the molecule is O=C(NN=Cc1ccc(-c2ccc(S(=O)(=O)Nc3ncccn3)cc2)o1)c1ccc(O)cc1. The van der Waals surface area contributed by atoms with Gasteiger partial charge >= 0.3 is 0 Å². The van der Waals surface area contributed by atoms with Gasteiger partial charge in [-0.25, -0.2) is 28.5 Å². The number of anilines is 1. The highest BCUT2D eigenvalue weighted by Gasteiger charge is 2.16. The Morgan fingerprint density at radius 2 is 1.67 bits per heavy atom. The molecule has 1 amide bonds. The van der Waals surface area contributed by atoms with E-state index in [4.69, 9.17) is 4.42 Å². The van der Waals surface area contributed by atoms with Gasteiger partial charge in [-0.3, -0.25) is 4.79 Å². The quantitative estimate of drug-likeness (QED) is 0.282. The number of hydrogen-bond acceptors (Lipinski definition) is 8. The third-order valence-corrected chi connectivity index (χ3v) is 5.70. The van der Waals surface area contributed by atoms with E-state index in [-0.39, 0.29) is 16.6 Å². The Kier molecular flexibility index (Phi) is 6.13. The maximum absolute atomic E-state index is 12.5. The van der Waals surface area contributed by atoms with E-state index in [0.717, 1.165) is 0 Å². The monoisotopic (exact) mass is 463 g/mol. The molecule has 0 fully saturated rings. The van der Waals surface area contributed by atoms with Crippen LogP contribution < -0.4 is 10.1 Å². The molecule has 0 saturated carbocycles. The summed E-state index contributed by atoms with van der Waals surface area (Å²) in [6.45, 7) is 0. The molecule has 0 aliphatic heterocycles. The molecule has 0 aliphatic carbocycles. The maximum atomic E-state index is 12.5. The Morgan fingerprint density at radius 3 is 2.36 bits per heavy atom. The van der Waals surface area contributed by atoms with Gasteiger partial charge in [0.1, 0.15) is 17.3 Å². The van der Waals surface area contributed by atoms with Gasteiger partial charge in [0, 0.05) is 23.5 Å². The fourth-order valence-corrected chi connectivity index (χ4v) is 3.70. The summed E-state index contributed by atoms with van der Waals surface area (Å²) in [6, 6.07) is 16.8. The summed E-state index contributed by atoms with van der Waals surface area (Å²) < 4.78 is 32.9. The first-order valence-corrected chi connectivity index (χ1v) is 11.0. The van der Waals surface area contributed by atoms with Crippen molar-refractivity contribution < 1.29 is 22.7 Å². The second-order valence-corrected chi connectivity index (χ2v) is 8.33. The molecule has 2 aromatic heterocycles. The van der Waals surface area contributed by atoms with Crippen LogP contribution >= 0.6 is 0 Å². The number of phenols is 1. The molecule has 166 valence electrons. The van der Waals surface area contributed by atoms with Crippen molar-refractivity contribution in [3.63, 3.8) is 0 Å². The number of nitrogens with zero attached hydrogens (tertiary/aromatic N) is 3. The molecule has 11 heteroatoms. The molecule has 2 heterocycles. The molecule has 3 N–H and O–H groups in total. The summed E-state index contributed by atoms with van der Waals surface area (Å²) in [7, 11) is -3.83. The molecule has 4 aromatic rings. The van der Waals surface area contributed by atoms with Crippen molar-refractivity contribution in [1.82, 2.24) is 15.4 Å². The van der Waals surface area contributed by atoms with Crippen LogP contribution in [-0.2, 0) is 10.0 Å². The van der Waals surface area contributed by atoms with Gasteiger partial charge in [-0.1, -0.05) is 0 Å². The number of benzene rings is 2. The highest BCUT2D eigenvalue weighted by Crippen LogP contribution is 2.24. The number of phenolic OH excluding ortho intramolecular Hbond substituents is 1. The normalized spacial score (nSPS) is 11.4. The van der Waals surface area contributed by atoms with Crippen LogP contribution in [0.1, 0.15) is 16.1 Å². The van der Waals surface area contributed by atoms with Gasteiger partial charge in [-0.2, -0.15) is 5.10 Å². The molecule has 0 aliphatic rings. The van der Waals surface area contributed by atoms with Gasteiger partial charge in [-0.15, -0.1) is 0 Å². The molecule has 10 nitrogen and oxygen atoms in total. The van der Waals surface area contributed by atoms with E-state index < -0.39 is 15.9 Å². The summed E-state index contributed by atoms with van der Waals surface area (Å²) in [4.78, 5) is 19.7. The summed E-state index contributed by atoms with van der Waals surface area (Å²) in [5.41, 5.74) is 3.36. The Morgan fingerprint density at radius 1 is 0.970 bits per heavy atom. The average molecular weight is 463 g/mol. The fourth-order valence-electron chi connectivity index (χ4n) is 2.74. The molecular weight excluding hydrogens is 446 g/mol. The minimum atomic E-state index is -3.83. The Bertz CT molecular complexity index is 1380. The number of aromatic hydroxyl groups is 1. The number of carbonyl (C=O) groups is 1. The molecule has 0 bridgehead atoms. The van der Waals surface area contributed by atoms with Crippen molar-refractivity contribution >= 4 is 28.1 Å². The van der Waals surface area contributed by atoms with Crippen molar-refractivity contribution in [1.29, 1.82) is 0 Å². The molecule has 4 rings (SSSR count). The predicted molar refractivity (Wildman–Crippen MR) is 120 cm³/mol. The smallest absolute Gasteiger partial charge is 0.271 e. The van der Waals surface area contributed by atoms with Crippen LogP contribution in [-0.4, -0.2) is 35.6 Å². The van der Waals surface area contributed by atoms with Crippen LogP contribution in [0.25, 0.3) is 11.3 Å². The van der Waals surface area contributed by atoms with E-state index in [0.29, 0.717) is 22.6 Å². The fraction of sp³-hybridized carbons (Fsp3) is 0. The third kappa shape index (κ3) is 5.40. The summed E-state index contributed by atoms with van der Waals surface area (Å²) in [5.74, 6) is 0.476. The molecule has 0 radical (unpaired) electrons. The van der Waals surface area contributed by atoms with Crippen LogP contribution in [0.5, 0.6) is 5.75 Å². The average Bonchev–Trinajstić information content (AvgIpc) is 3.29. The van der Waals surface area contributed by atoms with E-state index >= 15 is 0 Å². The number of carbonyl (C=O) groups excluding carboxylic acids is 1. The van der Waals surface area contributed by atoms with Crippen LogP contribution in [0.4, 0.5) is 5.95 Å². The van der Waals surface area contributed by atoms with E-state index in [2.05, 4.69) is 25.2 Å². The minimum Gasteiger partial charge on any atom is -0.508 e. The maximum Gasteiger partial charge on any atom is 0.271 e. The van der Waals surface area contributed by atoms with Crippen molar-refractivity contribution in [2.75, 3.05) is 4.72 Å². The van der Waals surface area contributed by atoms with E-state index in [9.17, 15) is 18.3 Å². The third-order valence-electron chi connectivity index (χ3n) is 4.35. The van der Waals surface area contributed by atoms with E-state index in [1.807, 2.05) is 0 Å². The zero-order chi connectivity index (χ0) is 23.3. The van der Waals surface area contributed by atoms with Crippen LogP contribution in [0.2, 0.25) is 0 Å². The summed E-state index contributed by atoms with van der Waals surface area (Å²) in [5, 5.41) is 13.1. The van der Waals surface area contributed by atoms with Crippen LogP contribution in [0.15, 0.2) is 93.5 Å². The molecule has 0 spiro atoms. The number of hydrazone groups is 1. The minimum absolute atomic E-state index is 0.0194. The van der Waals surface area contributed by atoms with Crippen molar-refractivity contribution in [2.45, 2.75) is 4.90 Å². The lowest BCUT2D eigenvalue weighted by molar-refractivity contribution is 0.0955.